The van der Waals surface area contributed by atoms with Crippen LogP contribution in [-0.4, -0.2) is 39.8 Å². The average molecular weight is 375 g/mol. The molecule has 0 atom stereocenters. The molecule has 0 aliphatic rings. The summed E-state index contributed by atoms with van der Waals surface area (Å²) in [5, 5.41) is 13.6. The summed E-state index contributed by atoms with van der Waals surface area (Å²) < 4.78 is 36.2. The van der Waals surface area contributed by atoms with E-state index in [0.717, 1.165) is 5.56 Å². The Morgan fingerprint density at radius 1 is 1.22 bits per heavy atom. The Kier molecular flexibility index (Phi) is 5.25. The maximum absolute atomic E-state index is 12.7. The summed E-state index contributed by atoms with van der Waals surface area (Å²) in [5.74, 6) is -0.597. The number of benzene rings is 2. The van der Waals surface area contributed by atoms with Crippen LogP contribution in [0.2, 0.25) is 0 Å². The van der Waals surface area contributed by atoms with Gasteiger partial charge in [0.05, 0.1) is 18.4 Å². The molecule has 0 fully saturated rings. The van der Waals surface area contributed by atoms with Crippen LogP contribution in [0.5, 0.6) is 11.5 Å². The Labute approximate surface area is 152 Å². The van der Waals surface area contributed by atoms with Crippen molar-refractivity contribution in [2.75, 3.05) is 12.4 Å². The van der Waals surface area contributed by atoms with Crippen LogP contribution in [-0.2, 0) is 0 Å². The second-order valence-corrected chi connectivity index (χ2v) is 5.45. The van der Waals surface area contributed by atoms with E-state index in [0.29, 0.717) is 17.1 Å². The highest BCUT2D eigenvalue weighted by Crippen LogP contribution is 2.28. The molecule has 1 N–H and O–H groups in total. The molecule has 0 unspecified atom stereocenters. The summed E-state index contributed by atoms with van der Waals surface area (Å²) in [4.78, 5) is 12.6. The Hall–Kier alpha value is -3.56. The Morgan fingerprint density at radius 3 is 2.70 bits per heavy atom. The van der Waals surface area contributed by atoms with Crippen molar-refractivity contribution >= 4 is 11.6 Å². The molecule has 0 radical (unpaired) electrons. The maximum atomic E-state index is 12.7. The fourth-order valence-corrected chi connectivity index (χ4v) is 2.37. The van der Waals surface area contributed by atoms with E-state index >= 15 is 0 Å². The summed E-state index contributed by atoms with van der Waals surface area (Å²) in [6.45, 7) is -1.28. The number of hydrogen-bond acceptors (Lipinski definition) is 6. The van der Waals surface area contributed by atoms with Crippen LogP contribution in [0, 0.1) is 6.92 Å². The quantitative estimate of drug-likeness (QED) is 0.712. The minimum absolute atomic E-state index is 0.0525. The average Bonchev–Trinajstić information content (AvgIpc) is 3.17. The minimum atomic E-state index is -3.08. The van der Waals surface area contributed by atoms with Gasteiger partial charge in [0.15, 0.2) is 0 Å². The van der Waals surface area contributed by atoms with E-state index in [-0.39, 0.29) is 11.3 Å². The molecule has 2 aromatic carbocycles. The van der Waals surface area contributed by atoms with Gasteiger partial charge in [-0.1, -0.05) is 6.07 Å². The van der Waals surface area contributed by atoms with Crippen LogP contribution < -0.4 is 14.8 Å². The normalized spacial score (nSPS) is 10.7. The second kappa shape index (κ2) is 7.77. The van der Waals surface area contributed by atoms with Crippen molar-refractivity contribution in [1.29, 1.82) is 0 Å². The highest BCUT2D eigenvalue weighted by atomic mass is 19.3. The largest absolute Gasteiger partial charge is 0.497 e. The lowest BCUT2D eigenvalue weighted by atomic mass is 10.1. The maximum Gasteiger partial charge on any atom is 0.387 e. The number of rotatable bonds is 6. The number of carbonyl (C=O) groups excluding carboxylic acids is 1. The molecule has 1 aromatic heterocycles. The molecule has 0 spiro atoms. The molecule has 1 amide bonds. The van der Waals surface area contributed by atoms with Crippen molar-refractivity contribution in [2.45, 2.75) is 13.5 Å². The molecule has 0 aliphatic heterocycles. The van der Waals surface area contributed by atoms with E-state index in [4.69, 9.17) is 4.74 Å². The number of ether oxygens (including phenoxy) is 2. The predicted octanol–water partition coefficient (Wildman–Crippen LogP) is 2.83. The third kappa shape index (κ3) is 4.17. The lowest BCUT2D eigenvalue weighted by molar-refractivity contribution is -0.0502. The van der Waals surface area contributed by atoms with E-state index in [1.54, 1.807) is 25.1 Å². The molecule has 1 heterocycles. The number of methoxy groups -OCH3 is 1. The van der Waals surface area contributed by atoms with Crippen LogP contribution >= 0.6 is 0 Å². The first-order valence-corrected chi connectivity index (χ1v) is 7.76. The van der Waals surface area contributed by atoms with Crippen LogP contribution in [0.15, 0.2) is 42.7 Å². The van der Waals surface area contributed by atoms with Crippen molar-refractivity contribution in [3.63, 3.8) is 0 Å². The Morgan fingerprint density at radius 2 is 2.04 bits per heavy atom. The van der Waals surface area contributed by atoms with Gasteiger partial charge < -0.3 is 14.8 Å². The van der Waals surface area contributed by atoms with E-state index in [2.05, 4.69) is 25.6 Å². The molecule has 27 heavy (non-hydrogen) atoms. The SMILES string of the molecule is COc1ccc(C(=O)Nc2cc(-n3cnnn3)ccc2C)c(OC(F)F)c1. The molecule has 0 aliphatic carbocycles. The zero-order valence-corrected chi connectivity index (χ0v) is 14.4. The van der Waals surface area contributed by atoms with Gasteiger partial charge in [0, 0.05) is 11.8 Å². The lowest BCUT2D eigenvalue weighted by Crippen LogP contribution is -2.16. The van der Waals surface area contributed by atoms with Gasteiger partial charge in [-0.2, -0.15) is 8.78 Å². The zero-order chi connectivity index (χ0) is 19.4. The van der Waals surface area contributed by atoms with E-state index in [9.17, 15) is 13.6 Å². The van der Waals surface area contributed by atoms with Gasteiger partial charge in [0.25, 0.3) is 5.91 Å². The van der Waals surface area contributed by atoms with Gasteiger partial charge in [-0.05, 0) is 47.2 Å². The monoisotopic (exact) mass is 375 g/mol. The first-order chi connectivity index (χ1) is 13.0. The van der Waals surface area contributed by atoms with Crippen LogP contribution in [0.1, 0.15) is 15.9 Å². The highest BCUT2D eigenvalue weighted by Gasteiger charge is 2.18. The first-order valence-electron chi connectivity index (χ1n) is 7.76. The van der Waals surface area contributed by atoms with Gasteiger partial charge in [-0.25, -0.2) is 4.68 Å². The number of amides is 1. The molecule has 3 aromatic rings. The number of aromatic nitrogens is 4. The summed E-state index contributed by atoms with van der Waals surface area (Å²) in [7, 11) is 1.38. The molecular weight excluding hydrogens is 360 g/mol. The van der Waals surface area contributed by atoms with Crippen molar-refractivity contribution < 1.29 is 23.0 Å². The predicted molar refractivity (Wildman–Crippen MR) is 91.5 cm³/mol. The fraction of sp³-hybridized carbons (Fsp3) is 0.176. The number of alkyl halides is 2. The Bertz CT molecular complexity index is 948. The highest BCUT2D eigenvalue weighted by molar-refractivity contribution is 6.06. The molecule has 3 rings (SSSR count). The number of hydrogen-bond donors (Lipinski definition) is 1. The molecule has 0 saturated heterocycles. The van der Waals surface area contributed by atoms with Crippen molar-refractivity contribution in [3.05, 3.63) is 53.9 Å². The fourth-order valence-electron chi connectivity index (χ4n) is 2.37. The van der Waals surface area contributed by atoms with Crippen molar-refractivity contribution in [1.82, 2.24) is 20.2 Å². The topological polar surface area (TPSA) is 91.2 Å². The first kappa shape index (κ1) is 18.2. The van der Waals surface area contributed by atoms with Crippen LogP contribution in [0.4, 0.5) is 14.5 Å². The summed E-state index contributed by atoms with van der Waals surface area (Å²) in [6, 6.07) is 9.29. The lowest BCUT2D eigenvalue weighted by Gasteiger charge is -2.14. The van der Waals surface area contributed by atoms with E-state index in [1.165, 1.54) is 36.3 Å². The zero-order valence-electron chi connectivity index (χ0n) is 14.4. The standard InChI is InChI=1S/C17H15F2N5O3/c1-10-3-4-11(24-9-20-22-23-24)7-14(10)21-16(25)13-6-5-12(26-2)8-15(13)27-17(18)19/h3-9,17H,1-2H3,(H,21,25). The van der Waals surface area contributed by atoms with Crippen molar-refractivity contribution in [3.8, 4) is 17.2 Å². The molecule has 8 nitrogen and oxygen atoms in total. The third-order valence-corrected chi connectivity index (χ3v) is 3.73. The molecule has 0 bridgehead atoms. The molecule has 140 valence electrons. The number of nitrogens with zero attached hydrogens (tertiary/aromatic N) is 4. The summed E-state index contributed by atoms with van der Waals surface area (Å²) in [6.07, 6.45) is 1.41. The third-order valence-electron chi connectivity index (χ3n) is 3.73. The van der Waals surface area contributed by atoms with Gasteiger partial charge >= 0.3 is 6.61 Å². The summed E-state index contributed by atoms with van der Waals surface area (Å²) >= 11 is 0. The minimum Gasteiger partial charge on any atom is -0.497 e. The second-order valence-electron chi connectivity index (χ2n) is 5.45. The Balaban J connectivity index is 1.90. The number of halogens is 2. The number of carbonyl (C=O) groups is 1. The van der Waals surface area contributed by atoms with Gasteiger partial charge in [0.1, 0.15) is 17.8 Å². The van der Waals surface area contributed by atoms with Gasteiger partial charge in [0.2, 0.25) is 0 Å². The van der Waals surface area contributed by atoms with E-state index < -0.39 is 12.5 Å². The van der Waals surface area contributed by atoms with Gasteiger partial charge in [-0.3, -0.25) is 4.79 Å². The van der Waals surface area contributed by atoms with Crippen LogP contribution in [0.3, 0.4) is 0 Å². The number of tetrazole rings is 1. The van der Waals surface area contributed by atoms with Crippen molar-refractivity contribution in [2.24, 2.45) is 0 Å². The summed E-state index contributed by atoms with van der Waals surface area (Å²) in [5.41, 5.74) is 1.82. The molecule has 10 heteroatoms. The molecule has 0 saturated carbocycles. The number of aryl methyl sites for hydroxylation is 1. The number of nitrogens with one attached hydrogen (secondary N) is 1. The van der Waals surface area contributed by atoms with E-state index in [1.807, 2.05) is 0 Å². The van der Waals surface area contributed by atoms with Crippen LogP contribution in [0.25, 0.3) is 5.69 Å². The molecular formula is C17H15F2N5O3. The smallest absolute Gasteiger partial charge is 0.387 e. The van der Waals surface area contributed by atoms with Gasteiger partial charge in [-0.15, -0.1) is 5.10 Å². The number of anilines is 1.